The van der Waals surface area contributed by atoms with Crippen LogP contribution in [0.25, 0.3) is 11.3 Å². The first kappa shape index (κ1) is 19.2. The van der Waals surface area contributed by atoms with E-state index >= 15 is 0 Å². The van der Waals surface area contributed by atoms with E-state index in [2.05, 4.69) is 15.1 Å². The molecule has 0 atom stereocenters. The van der Waals surface area contributed by atoms with Crippen molar-refractivity contribution in [3.05, 3.63) is 71.2 Å². The van der Waals surface area contributed by atoms with E-state index in [1.807, 2.05) is 53.4 Å². The Hall–Kier alpha value is -3.12. The average Bonchev–Trinajstić information content (AvgIpc) is 2.79. The molecule has 3 aromatic rings. The molecule has 1 aliphatic heterocycles. The molecule has 148 valence electrons. The van der Waals surface area contributed by atoms with Gasteiger partial charge in [-0.15, -0.1) is 10.2 Å². The van der Waals surface area contributed by atoms with E-state index in [9.17, 15) is 4.79 Å². The third-order valence-corrected chi connectivity index (χ3v) is 5.36. The lowest BCUT2D eigenvalue weighted by Crippen LogP contribution is -2.49. The van der Waals surface area contributed by atoms with Crippen LogP contribution in [0.2, 0.25) is 5.02 Å². The lowest BCUT2D eigenvalue weighted by molar-refractivity contribution is 0.0746. The highest BCUT2D eigenvalue weighted by molar-refractivity contribution is 6.33. The van der Waals surface area contributed by atoms with Crippen molar-refractivity contribution >= 4 is 23.3 Å². The Morgan fingerprint density at radius 1 is 0.931 bits per heavy atom. The highest BCUT2D eigenvalue weighted by atomic mass is 35.5. The van der Waals surface area contributed by atoms with Crippen LogP contribution in [0.5, 0.6) is 5.75 Å². The maximum absolute atomic E-state index is 12.7. The molecule has 6 nitrogen and oxygen atoms in total. The minimum Gasteiger partial charge on any atom is -0.497 e. The number of anilines is 1. The molecule has 0 unspecified atom stereocenters. The first-order valence-electron chi connectivity index (χ1n) is 9.42. The van der Waals surface area contributed by atoms with Crippen molar-refractivity contribution in [2.45, 2.75) is 0 Å². The van der Waals surface area contributed by atoms with Crippen LogP contribution in [-0.4, -0.2) is 54.3 Å². The van der Waals surface area contributed by atoms with Crippen molar-refractivity contribution in [1.29, 1.82) is 0 Å². The molecule has 1 aromatic heterocycles. The molecular formula is C22H21ClN4O2. The molecule has 2 heterocycles. The van der Waals surface area contributed by atoms with Crippen LogP contribution in [0.15, 0.2) is 60.7 Å². The van der Waals surface area contributed by atoms with Gasteiger partial charge in [-0.2, -0.15) is 0 Å². The molecule has 1 fully saturated rings. The number of halogens is 1. The van der Waals surface area contributed by atoms with Crippen molar-refractivity contribution in [2.24, 2.45) is 0 Å². The molecule has 0 aliphatic carbocycles. The second kappa shape index (κ2) is 8.49. The summed E-state index contributed by atoms with van der Waals surface area (Å²) in [5.74, 6) is 1.59. The van der Waals surface area contributed by atoms with Gasteiger partial charge in [0, 0.05) is 31.7 Å². The minimum atomic E-state index is -0.0313. The molecule has 2 aromatic carbocycles. The third kappa shape index (κ3) is 4.17. The fourth-order valence-corrected chi connectivity index (χ4v) is 3.57. The maximum Gasteiger partial charge on any atom is 0.255 e. The van der Waals surface area contributed by atoms with Gasteiger partial charge in [-0.25, -0.2) is 0 Å². The zero-order valence-electron chi connectivity index (χ0n) is 16.1. The van der Waals surface area contributed by atoms with Crippen molar-refractivity contribution in [3.63, 3.8) is 0 Å². The SMILES string of the molecule is COc1ccc(-c2ccc(N3CCN(C(=O)c4ccccc4Cl)CC3)nn2)cc1. The summed E-state index contributed by atoms with van der Waals surface area (Å²) >= 11 is 6.16. The van der Waals surface area contributed by atoms with Gasteiger partial charge >= 0.3 is 0 Å². The molecule has 0 spiro atoms. The number of aromatic nitrogens is 2. The minimum absolute atomic E-state index is 0.0313. The summed E-state index contributed by atoms with van der Waals surface area (Å²) in [5, 5.41) is 9.23. The summed E-state index contributed by atoms with van der Waals surface area (Å²) in [6, 6.07) is 18.8. The van der Waals surface area contributed by atoms with Crippen LogP contribution in [-0.2, 0) is 0 Å². The number of hydrogen-bond donors (Lipinski definition) is 0. The predicted molar refractivity (Wildman–Crippen MR) is 114 cm³/mol. The summed E-state index contributed by atoms with van der Waals surface area (Å²) in [4.78, 5) is 16.7. The Bertz CT molecular complexity index is 984. The standard InChI is InChI=1S/C22H21ClN4O2/c1-29-17-8-6-16(7-9-17)20-10-11-21(25-24-20)26-12-14-27(15-13-26)22(28)18-4-2-3-5-19(18)23/h2-11H,12-15H2,1H3. The Morgan fingerprint density at radius 3 is 2.28 bits per heavy atom. The molecule has 1 aliphatic rings. The number of ether oxygens (including phenoxy) is 1. The van der Waals surface area contributed by atoms with E-state index in [1.165, 1.54) is 0 Å². The second-order valence-electron chi connectivity index (χ2n) is 6.76. The zero-order chi connectivity index (χ0) is 20.2. The molecule has 0 radical (unpaired) electrons. The van der Waals surface area contributed by atoms with E-state index in [4.69, 9.17) is 16.3 Å². The number of hydrogen-bond acceptors (Lipinski definition) is 5. The number of benzene rings is 2. The lowest BCUT2D eigenvalue weighted by atomic mass is 10.1. The van der Waals surface area contributed by atoms with Gasteiger partial charge in [-0.05, 0) is 48.5 Å². The highest BCUT2D eigenvalue weighted by Gasteiger charge is 2.24. The van der Waals surface area contributed by atoms with Gasteiger partial charge in [-0.3, -0.25) is 4.79 Å². The monoisotopic (exact) mass is 408 g/mol. The summed E-state index contributed by atoms with van der Waals surface area (Å²) in [7, 11) is 1.64. The molecular weight excluding hydrogens is 388 g/mol. The first-order valence-corrected chi connectivity index (χ1v) is 9.80. The van der Waals surface area contributed by atoms with E-state index in [-0.39, 0.29) is 5.91 Å². The van der Waals surface area contributed by atoms with Gasteiger partial charge in [0.1, 0.15) is 5.75 Å². The van der Waals surface area contributed by atoms with Gasteiger partial charge in [0.25, 0.3) is 5.91 Å². The smallest absolute Gasteiger partial charge is 0.255 e. The Kier molecular flexibility index (Phi) is 5.62. The van der Waals surface area contributed by atoms with E-state index in [0.717, 1.165) is 22.8 Å². The molecule has 29 heavy (non-hydrogen) atoms. The maximum atomic E-state index is 12.7. The van der Waals surface area contributed by atoms with Crippen molar-refractivity contribution in [2.75, 3.05) is 38.2 Å². The fourth-order valence-electron chi connectivity index (χ4n) is 3.35. The number of carbonyl (C=O) groups excluding carboxylic acids is 1. The first-order chi connectivity index (χ1) is 14.2. The van der Waals surface area contributed by atoms with Gasteiger partial charge in [0.15, 0.2) is 5.82 Å². The number of rotatable bonds is 4. The quantitative estimate of drug-likeness (QED) is 0.657. The molecule has 4 rings (SSSR count). The zero-order valence-corrected chi connectivity index (χ0v) is 16.8. The summed E-state index contributed by atoms with van der Waals surface area (Å²) in [6.07, 6.45) is 0. The van der Waals surface area contributed by atoms with Crippen molar-refractivity contribution in [3.8, 4) is 17.0 Å². The third-order valence-electron chi connectivity index (χ3n) is 5.03. The van der Waals surface area contributed by atoms with Gasteiger partial charge in [0.05, 0.1) is 23.4 Å². The number of amides is 1. The van der Waals surface area contributed by atoms with E-state index in [1.54, 1.807) is 19.2 Å². The molecule has 0 bridgehead atoms. The Morgan fingerprint density at radius 2 is 1.66 bits per heavy atom. The largest absolute Gasteiger partial charge is 0.497 e. The van der Waals surface area contributed by atoms with Gasteiger partial charge in [-0.1, -0.05) is 23.7 Å². The normalized spacial score (nSPS) is 14.0. The summed E-state index contributed by atoms with van der Waals surface area (Å²) in [6.45, 7) is 2.64. The molecule has 1 saturated heterocycles. The Labute approximate surface area is 174 Å². The van der Waals surface area contributed by atoms with Crippen LogP contribution in [0.3, 0.4) is 0 Å². The predicted octanol–water partition coefficient (Wildman–Crippen LogP) is 3.77. The van der Waals surface area contributed by atoms with Crippen LogP contribution >= 0.6 is 11.6 Å². The number of piperazine rings is 1. The molecule has 0 N–H and O–H groups in total. The Balaban J connectivity index is 1.39. The van der Waals surface area contributed by atoms with Crippen molar-refractivity contribution in [1.82, 2.24) is 15.1 Å². The van der Waals surface area contributed by atoms with Crippen LogP contribution in [0, 0.1) is 0 Å². The molecule has 1 amide bonds. The molecule has 0 saturated carbocycles. The summed E-state index contributed by atoms with van der Waals surface area (Å²) in [5.41, 5.74) is 2.34. The van der Waals surface area contributed by atoms with Crippen LogP contribution in [0.4, 0.5) is 5.82 Å². The van der Waals surface area contributed by atoms with Crippen LogP contribution in [0.1, 0.15) is 10.4 Å². The van der Waals surface area contributed by atoms with E-state index < -0.39 is 0 Å². The fraction of sp³-hybridized carbons (Fsp3) is 0.227. The lowest BCUT2D eigenvalue weighted by Gasteiger charge is -2.35. The van der Waals surface area contributed by atoms with Gasteiger partial charge in [0.2, 0.25) is 0 Å². The number of methoxy groups -OCH3 is 1. The van der Waals surface area contributed by atoms with E-state index in [0.29, 0.717) is 36.8 Å². The highest BCUT2D eigenvalue weighted by Crippen LogP contribution is 2.23. The molecule has 7 heteroatoms. The number of carbonyl (C=O) groups is 1. The topological polar surface area (TPSA) is 58.6 Å². The van der Waals surface area contributed by atoms with Crippen LogP contribution < -0.4 is 9.64 Å². The number of nitrogens with zero attached hydrogens (tertiary/aromatic N) is 4. The van der Waals surface area contributed by atoms with Gasteiger partial charge < -0.3 is 14.5 Å². The average molecular weight is 409 g/mol. The van der Waals surface area contributed by atoms with Crippen molar-refractivity contribution < 1.29 is 9.53 Å². The summed E-state index contributed by atoms with van der Waals surface area (Å²) < 4.78 is 5.19. The second-order valence-corrected chi connectivity index (χ2v) is 7.17.